The van der Waals surface area contributed by atoms with E-state index in [1.807, 2.05) is 11.9 Å². The number of likely N-dealkylation sites (N-methyl/N-ethyl adjacent to an activating group) is 1. The molecule has 0 aromatic heterocycles. The fourth-order valence-corrected chi connectivity index (χ4v) is 3.35. The van der Waals surface area contributed by atoms with E-state index in [1.165, 1.54) is 13.8 Å². The molecule has 2 bridgehead atoms. The first kappa shape index (κ1) is 22.8. The van der Waals surface area contributed by atoms with Gasteiger partial charge in [-0.2, -0.15) is 0 Å². The molecule has 3 atom stereocenters. The molecule has 0 unspecified atom stereocenters. The van der Waals surface area contributed by atoms with Gasteiger partial charge < -0.3 is 19.1 Å². The summed E-state index contributed by atoms with van der Waals surface area (Å²) in [4.78, 5) is 52.1. The van der Waals surface area contributed by atoms with Crippen LogP contribution in [0.15, 0.2) is 23.3 Å². The lowest BCUT2D eigenvalue weighted by Gasteiger charge is -2.34. The molecule has 0 aliphatic carbocycles. The average Bonchev–Trinajstić information content (AvgIpc) is 2.65. The van der Waals surface area contributed by atoms with Gasteiger partial charge in [-0.15, -0.1) is 0 Å². The maximum atomic E-state index is 12.9. The summed E-state index contributed by atoms with van der Waals surface area (Å²) >= 11 is 0. The molecule has 2 rings (SSSR count). The summed E-state index contributed by atoms with van der Waals surface area (Å²) in [5, 5.41) is 0. The number of Topliss-reactive ketones (excluding diaryl/α,β-unsaturated/α-hetero) is 1. The van der Waals surface area contributed by atoms with Crippen LogP contribution in [-0.4, -0.2) is 67.0 Å². The van der Waals surface area contributed by atoms with Crippen LogP contribution in [0, 0.1) is 5.92 Å². The van der Waals surface area contributed by atoms with E-state index >= 15 is 0 Å². The van der Waals surface area contributed by atoms with Crippen molar-refractivity contribution < 1.29 is 33.4 Å². The van der Waals surface area contributed by atoms with E-state index in [9.17, 15) is 19.2 Å². The molecule has 8 nitrogen and oxygen atoms in total. The number of fused-ring (bicyclic) bond motifs is 2. The van der Waals surface area contributed by atoms with Gasteiger partial charge in [-0.3, -0.25) is 9.59 Å². The molecule has 29 heavy (non-hydrogen) atoms. The van der Waals surface area contributed by atoms with Crippen molar-refractivity contribution in [3.8, 4) is 0 Å². The maximum Gasteiger partial charge on any atom is 0.350 e. The van der Waals surface area contributed by atoms with Crippen molar-refractivity contribution in [3.63, 3.8) is 0 Å². The molecule has 0 aromatic rings. The minimum Gasteiger partial charge on any atom is -0.458 e. The summed E-state index contributed by atoms with van der Waals surface area (Å²) in [6.45, 7) is 6.83. The number of carbonyl (C=O) groups is 4. The number of nitrogens with zero attached hydrogens (tertiary/aromatic N) is 1. The largest absolute Gasteiger partial charge is 0.458 e. The van der Waals surface area contributed by atoms with Gasteiger partial charge in [-0.05, 0) is 27.3 Å². The summed E-state index contributed by atoms with van der Waals surface area (Å²) in [6, 6.07) is 0. The van der Waals surface area contributed by atoms with Gasteiger partial charge in [0, 0.05) is 43.5 Å². The zero-order valence-corrected chi connectivity index (χ0v) is 17.6. The van der Waals surface area contributed by atoms with Crippen molar-refractivity contribution >= 4 is 23.7 Å². The summed E-state index contributed by atoms with van der Waals surface area (Å²) in [6.07, 6.45) is 2.78. The quantitative estimate of drug-likeness (QED) is 0.367. The molecule has 2 heterocycles. The Labute approximate surface area is 170 Å². The lowest BCUT2D eigenvalue weighted by molar-refractivity contribution is -0.185. The van der Waals surface area contributed by atoms with Gasteiger partial charge in [-0.1, -0.05) is 19.1 Å². The number of allylic oxidation sites excluding steroid dienone is 1. The Morgan fingerprint density at radius 2 is 2.03 bits per heavy atom. The van der Waals surface area contributed by atoms with Crippen LogP contribution in [0.2, 0.25) is 0 Å². The van der Waals surface area contributed by atoms with Gasteiger partial charge in [0.05, 0.1) is 0 Å². The summed E-state index contributed by atoms with van der Waals surface area (Å²) in [7, 11) is 1.88. The molecular formula is C21H29NO7. The lowest BCUT2D eigenvalue weighted by Crippen LogP contribution is -2.48. The molecule has 0 spiro atoms. The Hall–Kier alpha value is -2.48. The average molecular weight is 407 g/mol. The Kier molecular flexibility index (Phi) is 7.35. The second kappa shape index (κ2) is 9.35. The first-order chi connectivity index (χ1) is 13.6. The number of hydrogen-bond donors (Lipinski definition) is 0. The fourth-order valence-electron chi connectivity index (χ4n) is 3.35. The molecular weight excluding hydrogens is 378 g/mol. The van der Waals surface area contributed by atoms with Crippen molar-refractivity contribution in [1.29, 1.82) is 0 Å². The molecule has 0 saturated carbocycles. The molecule has 0 N–H and O–H groups in total. The monoisotopic (exact) mass is 407 g/mol. The number of ketones is 1. The third kappa shape index (κ3) is 5.32. The fraction of sp³-hybridized carbons (Fsp3) is 0.619. The Morgan fingerprint density at radius 1 is 1.34 bits per heavy atom. The van der Waals surface area contributed by atoms with Gasteiger partial charge in [0.2, 0.25) is 11.4 Å². The van der Waals surface area contributed by atoms with Crippen molar-refractivity contribution in [2.75, 3.05) is 26.7 Å². The normalized spacial score (nSPS) is 31.4. The van der Waals surface area contributed by atoms with E-state index in [1.54, 1.807) is 26.0 Å². The highest BCUT2D eigenvalue weighted by Gasteiger charge is 2.45. The number of ether oxygens (including phenoxy) is 3. The van der Waals surface area contributed by atoms with Gasteiger partial charge >= 0.3 is 17.9 Å². The van der Waals surface area contributed by atoms with E-state index in [4.69, 9.17) is 14.2 Å². The summed E-state index contributed by atoms with van der Waals surface area (Å²) in [5.41, 5.74) is -1.05. The van der Waals surface area contributed by atoms with E-state index in [0.717, 1.165) is 0 Å². The Balaban J connectivity index is 2.48. The Bertz CT molecular complexity index is 754. The Morgan fingerprint density at radius 3 is 2.66 bits per heavy atom. The molecule has 160 valence electrons. The van der Waals surface area contributed by atoms with Crippen LogP contribution >= 0.6 is 0 Å². The zero-order valence-electron chi connectivity index (χ0n) is 17.6. The van der Waals surface area contributed by atoms with Crippen molar-refractivity contribution in [3.05, 3.63) is 23.3 Å². The third-order valence-corrected chi connectivity index (χ3v) is 5.48. The van der Waals surface area contributed by atoms with Gasteiger partial charge in [0.15, 0.2) is 6.10 Å². The van der Waals surface area contributed by atoms with Gasteiger partial charge in [0.25, 0.3) is 0 Å². The minimum absolute atomic E-state index is 0.123. The molecule has 1 fully saturated rings. The first-order valence-corrected chi connectivity index (χ1v) is 9.73. The number of hydrogen-bond acceptors (Lipinski definition) is 8. The zero-order chi connectivity index (χ0) is 21.8. The molecule has 2 aliphatic rings. The minimum atomic E-state index is -1.61. The molecule has 0 aromatic carbocycles. The molecule has 0 radical (unpaired) electrons. The van der Waals surface area contributed by atoms with Crippen molar-refractivity contribution in [1.82, 2.24) is 4.90 Å². The van der Waals surface area contributed by atoms with Crippen LogP contribution in [0.4, 0.5) is 0 Å². The van der Waals surface area contributed by atoms with Crippen LogP contribution in [0.3, 0.4) is 0 Å². The summed E-state index contributed by atoms with van der Waals surface area (Å²) in [5.74, 6) is -2.95. The van der Waals surface area contributed by atoms with E-state index in [0.29, 0.717) is 25.1 Å². The number of carbonyl (C=O) groups excluding carboxylic acids is 4. The van der Waals surface area contributed by atoms with Gasteiger partial charge in [-0.25, -0.2) is 9.59 Å². The van der Waals surface area contributed by atoms with Crippen molar-refractivity contribution in [2.24, 2.45) is 5.92 Å². The van der Waals surface area contributed by atoms with E-state index < -0.39 is 35.5 Å². The predicted octanol–water partition coefficient (Wildman–Crippen LogP) is 1.58. The first-order valence-electron chi connectivity index (χ1n) is 9.73. The van der Waals surface area contributed by atoms with Crippen LogP contribution in [0.25, 0.3) is 0 Å². The predicted molar refractivity (Wildman–Crippen MR) is 104 cm³/mol. The molecule has 8 heteroatoms. The summed E-state index contributed by atoms with van der Waals surface area (Å²) < 4.78 is 16.3. The van der Waals surface area contributed by atoms with Gasteiger partial charge in [0.1, 0.15) is 6.61 Å². The SMILES string of the molecule is C/C=C1/C[C@@H](C)[C@](C)(OC(C)=O)C(=O)OCC2=CCN(C)CC[C@@H](OC1=O)C2=O. The molecule has 1 saturated heterocycles. The lowest BCUT2D eigenvalue weighted by atomic mass is 9.84. The third-order valence-electron chi connectivity index (χ3n) is 5.48. The maximum absolute atomic E-state index is 12.9. The second-order valence-corrected chi connectivity index (χ2v) is 7.73. The van der Waals surface area contributed by atoms with E-state index in [-0.39, 0.29) is 24.4 Å². The molecule has 0 amide bonds. The van der Waals surface area contributed by atoms with Crippen LogP contribution in [0.5, 0.6) is 0 Å². The number of esters is 3. The molecule has 2 aliphatic heterocycles. The highest BCUT2D eigenvalue weighted by atomic mass is 16.6. The number of rotatable bonds is 1. The van der Waals surface area contributed by atoms with Crippen molar-refractivity contribution in [2.45, 2.75) is 52.2 Å². The highest BCUT2D eigenvalue weighted by molar-refractivity contribution is 6.01. The smallest absolute Gasteiger partial charge is 0.350 e. The topological polar surface area (TPSA) is 99.2 Å². The number of cyclic esters (lactones) is 1. The second-order valence-electron chi connectivity index (χ2n) is 7.73. The highest BCUT2D eigenvalue weighted by Crippen LogP contribution is 2.31. The standard InChI is InChI=1S/C21H29NO7/c1-6-15-11-13(2)21(4,29-14(3)23)20(26)27-12-16-7-9-22(5)10-8-17(18(16)24)28-19(15)25/h6-7,13,17H,8-12H2,1-5H3/b15-6-,16-7?/t13-,17-,21+/m1/s1. The van der Waals surface area contributed by atoms with Crippen LogP contribution < -0.4 is 0 Å². The van der Waals surface area contributed by atoms with Crippen LogP contribution in [0.1, 0.15) is 40.5 Å². The van der Waals surface area contributed by atoms with Crippen LogP contribution in [-0.2, 0) is 33.4 Å². The van der Waals surface area contributed by atoms with E-state index in [2.05, 4.69) is 0 Å².